The summed E-state index contributed by atoms with van der Waals surface area (Å²) >= 11 is 6.01. The van der Waals surface area contributed by atoms with Gasteiger partial charge in [0, 0.05) is 6.08 Å². The highest BCUT2D eigenvalue weighted by atomic mass is 35.5. The van der Waals surface area contributed by atoms with Gasteiger partial charge in [0.15, 0.2) is 0 Å². The molecule has 6 heteroatoms. The van der Waals surface area contributed by atoms with Gasteiger partial charge in [0.25, 0.3) is 0 Å². The molecule has 1 aromatic carbocycles. The Labute approximate surface area is 122 Å². The number of ether oxygens (including phenoxy) is 1. The number of nitrogens with one attached hydrogen (secondary N) is 1. The third-order valence-corrected chi connectivity index (χ3v) is 2.36. The first-order chi connectivity index (χ1) is 9.17. The van der Waals surface area contributed by atoms with Gasteiger partial charge in [-0.1, -0.05) is 17.7 Å². The number of carbonyl (C=O) groups is 2. The van der Waals surface area contributed by atoms with Crippen molar-refractivity contribution < 1.29 is 19.4 Å². The van der Waals surface area contributed by atoms with Gasteiger partial charge < -0.3 is 9.84 Å². The standard InChI is InChI=1S/C14H16ClNO4/c1-14(2,3)20-13(19)16-11-6-4-9(8-10(11)15)5-7-12(17)18/h4-8H,1-3H3,(H,16,19)(H,17,18)/b7-5+. The number of aliphatic carboxylic acids is 1. The zero-order valence-corrected chi connectivity index (χ0v) is 12.2. The maximum atomic E-state index is 11.6. The zero-order chi connectivity index (χ0) is 15.3. The van der Waals surface area contributed by atoms with Gasteiger partial charge in [-0.3, -0.25) is 5.32 Å². The van der Waals surface area contributed by atoms with Crippen LogP contribution in [0, 0.1) is 0 Å². The first-order valence-electron chi connectivity index (χ1n) is 5.88. The molecule has 1 amide bonds. The second-order valence-corrected chi connectivity index (χ2v) is 5.44. The number of halogens is 1. The molecule has 0 aliphatic heterocycles. The van der Waals surface area contributed by atoms with Gasteiger partial charge in [-0.25, -0.2) is 9.59 Å². The molecule has 0 heterocycles. The number of carboxylic acid groups (broad SMARTS) is 1. The van der Waals surface area contributed by atoms with Crippen molar-refractivity contribution in [1.82, 2.24) is 0 Å². The summed E-state index contributed by atoms with van der Waals surface area (Å²) in [6.45, 7) is 5.27. The predicted molar refractivity (Wildman–Crippen MR) is 78.0 cm³/mol. The molecular formula is C14H16ClNO4. The van der Waals surface area contributed by atoms with Crippen molar-refractivity contribution in [1.29, 1.82) is 0 Å². The molecule has 0 atom stereocenters. The number of hydrogen-bond acceptors (Lipinski definition) is 3. The van der Waals surface area contributed by atoms with Gasteiger partial charge in [0.2, 0.25) is 0 Å². The third kappa shape index (κ3) is 5.75. The van der Waals surface area contributed by atoms with Crippen LogP contribution in [0.25, 0.3) is 6.08 Å². The van der Waals surface area contributed by atoms with Crippen molar-refractivity contribution in [2.75, 3.05) is 5.32 Å². The van der Waals surface area contributed by atoms with Gasteiger partial charge in [-0.05, 0) is 44.5 Å². The van der Waals surface area contributed by atoms with Gasteiger partial charge in [0.05, 0.1) is 10.7 Å². The summed E-state index contributed by atoms with van der Waals surface area (Å²) < 4.78 is 5.11. The van der Waals surface area contributed by atoms with Crippen molar-refractivity contribution in [2.45, 2.75) is 26.4 Å². The molecule has 20 heavy (non-hydrogen) atoms. The Morgan fingerprint density at radius 1 is 1.35 bits per heavy atom. The lowest BCUT2D eigenvalue weighted by atomic mass is 10.2. The first kappa shape index (κ1) is 16.0. The maximum absolute atomic E-state index is 11.6. The third-order valence-electron chi connectivity index (χ3n) is 2.05. The average molecular weight is 298 g/mol. The van der Waals surface area contributed by atoms with Crippen molar-refractivity contribution >= 4 is 35.4 Å². The highest BCUT2D eigenvalue weighted by molar-refractivity contribution is 6.33. The van der Waals surface area contributed by atoms with Crippen molar-refractivity contribution in [2.24, 2.45) is 0 Å². The van der Waals surface area contributed by atoms with Gasteiger partial charge in [0.1, 0.15) is 5.60 Å². The lowest BCUT2D eigenvalue weighted by Gasteiger charge is -2.20. The minimum Gasteiger partial charge on any atom is -0.478 e. The summed E-state index contributed by atoms with van der Waals surface area (Å²) in [6, 6.07) is 4.76. The number of amides is 1. The van der Waals surface area contributed by atoms with E-state index in [2.05, 4.69) is 5.32 Å². The Bertz CT molecular complexity index is 547. The van der Waals surface area contributed by atoms with Crippen molar-refractivity contribution in [3.63, 3.8) is 0 Å². The molecule has 0 fully saturated rings. The maximum Gasteiger partial charge on any atom is 0.412 e. The smallest absolute Gasteiger partial charge is 0.412 e. The molecule has 0 spiro atoms. The number of carbonyl (C=O) groups excluding carboxylic acids is 1. The molecule has 0 aliphatic rings. The molecule has 0 saturated carbocycles. The average Bonchev–Trinajstić information content (AvgIpc) is 2.27. The van der Waals surface area contributed by atoms with Gasteiger partial charge in [-0.15, -0.1) is 0 Å². The largest absolute Gasteiger partial charge is 0.478 e. The Balaban J connectivity index is 2.78. The van der Waals surface area contributed by atoms with Crippen LogP contribution in [0.5, 0.6) is 0 Å². The molecule has 108 valence electrons. The van der Waals surface area contributed by atoms with E-state index >= 15 is 0 Å². The molecular weight excluding hydrogens is 282 g/mol. The number of benzene rings is 1. The SMILES string of the molecule is CC(C)(C)OC(=O)Nc1ccc(/C=C/C(=O)O)cc1Cl. The van der Waals surface area contributed by atoms with Crippen molar-refractivity contribution in [3.05, 3.63) is 34.9 Å². The molecule has 0 aliphatic carbocycles. The van der Waals surface area contributed by atoms with Crippen LogP contribution < -0.4 is 5.32 Å². The summed E-state index contributed by atoms with van der Waals surface area (Å²) in [7, 11) is 0. The van der Waals surface area contributed by atoms with Crippen LogP contribution >= 0.6 is 11.6 Å². The van der Waals surface area contributed by atoms with Crippen LogP contribution in [-0.2, 0) is 9.53 Å². The molecule has 2 N–H and O–H groups in total. The van der Waals surface area contributed by atoms with E-state index in [1.54, 1.807) is 39.0 Å². The van der Waals surface area contributed by atoms with Crippen molar-refractivity contribution in [3.8, 4) is 0 Å². The van der Waals surface area contributed by atoms with E-state index in [4.69, 9.17) is 21.4 Å². The van der Waals surface area contributed by atoms with Crippen LogP contribution in [0.15, 0.2) is 24.3 Å². The Hall–Kier alpha value is -2.01. The van der Waals surface area contributed by atoms with Crippen LogP contribution in [-0.4, -0.2) is 22.8 Å². The Morgan fingerprint density at radius 3 is 2.50 bits per heavy atom. The predicted octanol–water partition coefficient (Wildman–Crippen LogP) is 3.78. The van der Waals surface area contributed by atoms with E-state index in [1.165, 1.54) is 6.08 Å². The van der Waals surface area contributed by atoms with Gasteiger partial charge >= 0.3 is 12.1 Å². The summed E-state index contributed by atoms with van der Waals surface area (Å²) in [5.74, 6) is -1.04. The molecule has 1 rings (SSSR count). The van der Waals surface area contributed by atoms with Gasteiger partial charge in [-0.2, -0.15) is 0 Å². The normalized spacial score (nSPS) is 11.4. The monoisotopic (exact) mass is 297 g/mol. The van der Waals surface area contributed by atoms with Crippen LogP contribution in [0.4, 0.5) is 10.5 Å². The molecule has 0 unspecified atom stereocenters. The number of hydrogen-bond donors (Lipinski definition) is 2. The molecule has 0 saturated heterocycles. The molecule has 0 aromatic heterocycles. The van der Waals surface area contributed by atoms with E-state index in [-0.39, 0.29) is 0 Å². The second kappa shape index (κ2) is 6.43. The fourth-order valence-corrected chi connectivity index (χ4v) is 1.55. The van der Waals surface area contributed by atoms with E-state index < -0.39 is 17.7 Å². The molecule has 0 bridgehead atoms. The Morgan fingerprint density at radius 2 is 2.00 bits per heavy atom. The lowest BCUT2D eigenvalue weighted by molar-refractivity contribution is -0.131. The van der Waals surface area contributed by atoms with E-state index in [1.807, 2.05) is 0 Å². The molecule has 1 aromatic rings. The second-order valence-electron chi connectivity index (χ2n) is 5.04. The summed E-state index contributed by atoms with van der Waals surface area (Å²) in [6.07, 6.45) is 1.81. The summed E-state index contributed by atoms with van der Waals surface area (Å²) in [5.41, 5.74) is 0.418. The number of carboxylic acids is 1. The highest BCUT2D eigenvalue weighted by Gasteiger charge is 2.16. The van der Waals surface area contributed by atoms with E-state index in [0.717, 1.165) is 6.08 Å². The fraction of sp³-hybridized carbons (Fsp3) is 0.286. The molecule has 5 nitrogen and oxygen atoms in total. The lowest BCUT2D eigenvalue weighted by Crippen LogP contribution is -2.27. The number of rotatable bonds is 3. The minimum atomic E-state index is -1.04. The molecule has 0 radical (unpaired) electrons. The fourth-order valence-electron chi connectivity index (χ4n) is 1.32. The summed E-state index contributed by atoms with van der Waals surface area (Å²) in [4.78, 5) is 22.0. The zero-order valence-electron chi connectivity index (χ0n) is 11.4. The van der Waals surface area contributed by atoms with Crippen LogP contribution in [0.1, 0.15) is 26.3 Å². The van der Waals surface area contributed by atoms with E-state index in [9.17, 15) is 9.59 Å². The highest BCUT2D eigenvalue weighted by Crippen LogP contribution is 2.24. The first-order valence-corrected chi connectivity index (χ1v) is 6.26. The van der Waals surface area contributed by atoms with Crippen LogP contribution in [0.3, 0.4) is 0 Å². The topological polar surface area (TPSA) is 75.6 Å². The number of anilines is 1. The quantitative estimate of drug-likeness (QED) is 0.832. The van der Waals surface area contributed by atoms with E-state index in [0.29, 0.717) is 16.3 Å². The van der Waals surface area contributed by atoms with Crippen LogP contribution in [0.2, 0.25) is 5.02 Å². The minimum absolute atomic E-state index is 0.295. The summed E-state index contributed by atoms with van der Waals surface area (Å²) in [5, 5.41) is 11.4. The Kier molecular flexibility index (Phi) is 5.16.